The number of benzene rings is 3. The molecule has 222 valence electrons. The minimum absolute atomic E-state index is 0.0831. The molecule has 4 aromatic rings. The summed E-state index contributed by atoms with van der Waals surface area (Å²) in [5.41, 5.74) is 1.41. The van der Waals surface area contributed by atoms with Gasteiger partial charge >= 0.3 is 5.91 Å². The number of Topliss-reactive ketones (excluding diaryl/α,β-unsaturated/α-hetero) is 1. The molecule has 0 bridgehead atoms. The lowest BCUT2D eigenvalue weighted by atomic mass is 9.95. The van der Waals surface area contributed by atoms with E-state index in [2.05, 4.69) is 11.9 Å². The van der Waals surface area contributed by atoms with Gasteiger partial charge in [-0.05, 0) is 60.5 Å². The van der Waals surface area contributed by atoms with Gasteiger partial charge in [0.2, 0.25) is 0 Å². The second-order valence-electron chi connectivity index (χ2n) is 9.97. The Bertz CT molecular complexity index is 1750. The molecular formula is C32H30N2O8S. The molecule has 0 unspecified atom stereocenters. The highest BCUT2D eigenvalue weighted by Gasteiger charge is 2.48. The van der Waals surface area contributed by atoms with Crippen molar-refractivity contribution < 1.29 is 38.4 Å². The van der Waals surface area contributed by atoms with E-state index in [4.69, 9.17) is 23.7 Å². The smallest absolute Gasteiger partial charge is 0.301 e. The Morgan fingerprint density at radius 3 is 2.58 bits per heavy atom. The zero-order chi connectivity index (χ0) is 30.1. The molecule has 1 fully saturated rings. The molecule has 0 radical (unpaired) electrons. The highest BCUT2D eigenvalue weighted by Crippen LogP contribution is 2.46. The van der Waals surface area contributed by atoms with Crippen molar-refractivity contribution in [2.24, 2.45) is 0 Å². The highest BCUT2D eigenvalue weighted by molar-refractivity contribution is 7.22. The van der Waals surface area contributed by atoms with Crippen LogP contribution >= 0.6 is 11.3 Å². The molecule has 2 aliphatic heterocycles. The number of ether oxygens (including phenoxy) is 5. The Labute approximate surface area is 252 Å². The van der Waals surface area contributed by atoms with E-state index in [1.54, 1.807) is 55.6 Å². The number of amides is 1. The SMILES string of the molecule is CCCCOc1ccc([C@@H]2/C(=C(\O)c3ccc4c(c3)OCCO4)C(=O)C(=O)N2c2nc3ccc(OC)cc3s2)cc1OC. The van der Waals surface area contributed by atoms with Crippen molar-refractivity contribution in [3.63, 3.8) is 0 Å². The molecule has 43 heavy (non-hydrogen) atoms. The second kappa shape index (κ2) is 11.8. The first-order valence-corrected chi connectivity index (χ1v) is 14.7. The zero-order valence-corrected chi connectivity index (χ0v) is 24.7. The van der Waals surface area contributed by atoms with Crippen LogP contribution in [0.1, 0.15) is 36.9 Å². The van der Waals surface area contributed by atoms with Crippen molar-refractivity contribution in [2.45, 2.75) is 25.8 Å². The predicted molar refractivity (Wildman–Crippen MR) is 162 cm³/mol. The van der Waals surface area contributed by atoms with Gasteiger partial charge in [-0.25, -0.2) is 4.98 Å². The number of hydrogen-bond donors (Lipinski definition) is 1. The fourth-order valence-corrected chi connectivity index (χ4v) is 6.13. The molecule has 0 spiro atoms. The maximum absolute atomic E-state index is 13.7. The van der Waals surface area contributed by atoms with E-state index in [1.807, 2.05) is 6.07 Å². The molecule has 3 aromatic carbocycles. The van der Waals surface area contributed by atoms with E-state index in [0.717, 1.165) is 17.5 Å². The van der Waals surface area contributed by atoms with Crippen molar-refractivity contribution in [3.8, 4) is 28.7 Å². The first-order valence-electron chi connectivity index (χ1n) is 13.9. The van der Waals surface area contributed by atoms with Crippen LogP contribution in [0.15, 0.2) is 60.2 Å². The van der Waals surface area contributed by atoms with Crippen LogP contribution in [0.25, 0.3) is 16.0 Å². The van der Waals surface area contributed by atoms with Gasteiger partial charge in [0.05, 0.1) is 42.7 Å². The largest absolute Gasteiger partial charge is 0.507 e. The lowest BCUT2D eigenvalue weighted by Gasteiger charge is -2.24. The number of aliphatic hydroxyl groups excluding tert-OH is 1. The number of nitrogens with zero attached hydrogens (tertiary/aromatic N) is 2. The van der Waals surface area contributed by atoms with Crippen LogP contribution in [0.2, 0.25) is 0 Å². The van der Waals surface area contributed by atoms with Crippen LogP contribution in [0.5, 0.6) is 28.7 Å². The van der Waals surface area contributed by atoms with Gasteiger partial charge in [0.1, 0.15) is 24.7 Å². The monoisotopic (exact) mass is 602 g/mol. The van der Waals surface area contributed by atoms with Gasteiger partial charge in [-0.15, -0.1) is 0 Å². The fraction of sp³-hybridized carbons (Fsp3) is 0.281. The Kier molecular flexibility index (Phi) is 7.81. The molecule has 2 aliphatic rings. The summed E-state index contributed by atoms with van der Waals surface area (Å²) >= 11 is 1.25. The minimum Gasteiger partial charge on any atom is -0.507 e. The van der Waals surface area contributed by atoms with Crippen molar-refractivity contribution in [2.75, 3.05) is 38.9 Å². The van der Waals surface area contributed by atoms with Crippen molar-refractivity contribution in [3.05, 3.63) is 71.3 Å². The third kappa shape index (κ3) is 5.20. The molecule has 1 atom stereocenters. The topological polar surface area (TPSA) is 117 Å². The predicted octanol–water partition coefficient (Wildman–Crippen LogP) is 5.89. The molecule has 1 amide bonds. The summed E-state index contributed by atoms with van der Waals surface area (Å²) in [5.74, 6) is 0.609. The number of fused-ring (bicyclic) bond motifs is 2. The lowest BCUT2D eigenvalue weighted by Crippen LogP contribution is -2.29. The number of carbonyl (C=O) groups is 2. The van der Waals surface area contributed by atoms with Crippen molar-refractivity contribution in [1.29, 1.82) is 0 Å². The molecule has 11 heteroatoms. The summed E-state index contributed by atoms with van der Waals surface area (Å²) in [7, 11) is 3.10. The van der Waals surface area contributed by atoms with Crippen LogP contribution in [0, 0.1) is 0 Å². The number of hydrogen-bond acceptors (Lipinski definition) is 10. The number of unbranched alkanes of at least 4 members (excludes halogenated alkanes) is 1. The summed E-state index contributed by atoms with van der Waals surface area (Å²) in [6, 6.07) is 14.5. The summed E-state index contributed by atoms with van der Waals surface area (Å²) in [5, 5.41) is 11.9. The van der Waals surface area contributed by atoms with Crippen LogP contribution < -0.4 is 28.6 Å². The number of carbonyl (C=O) groups excluding carboxylic acids is 2. The van der Waals surface area contributed by atoms with E-state index in [-0.39, 0.29) is 11.3 Å². The lowest BCUT2D eigenvalue weighted by molar-refractivity contribution is -0.132. The maximum atomic E-state index is 13.7. The number of rotatable bonds is 9. The summed E-state index contributed by atoms with van der Waals surface area (Å²) in [6.45, 7) is 3.37. The maximum Gasteiger partial charge on any atom is 0.301 e. The van der Waals surface area contributed by atoms with E-state index >= 15 is 0 Å². The van der Waals surface area contributed by atoms with E-state index < -0.39 is 17.7 Å². The first kappa shape index (κ1) is 28.4. The number of anilines is 1. The molecule has 1 N–H and O–H groups in total. The van der Waals surface area contributed by atoms with Crippen LogP contribution in [0.4, 0.5) is 5.13 Å². The Hall–Kier alpha value is -4.77. The zero-order valence-electron chi connectivity index (χ0n) is 23.9. The number of methoxy groups -OCH3 is 2. The van der Waals surface area contributed by atoms with Crippen LogP contribution in [0.3, 0.4) is 0 Å². The summed E-state index contributed by atoms with van der Waals surface area (Å²) in [6.07, 6.45) is 1.85. The molecule has 0 aliphatic carbocycles. The minimum atomic E-state index is -1.01. The fourth-order valence-electron chi connectivity index (χ4n) is 5.11. The van der Waals surface area contributed by atoms with Gasteiger partial charge in [-0.2, -0.15) is 0 Å². The molecule has 10 nitrogen and oxygen atoms in total. The van der Waals surface area contributed by atoms with E-state index in [1.165, 1.54) is 23.3 Å². The molecule has 1 saturated heterocycles. The van der Waals surface area contributed by atoms with Gasteiger partial charge in [-0.3, -0.25) is 14.5 Å². The molecular weight excluding hydrogens is 572 g/mol. The normalized spacial score (nSPS) is 17.4. The third-order valence-electron chi connectivity index (χ3n) is 7.31. The number of thiazole rings is 1. The van der Waals surface area contributed by atoms with Gasteiger partial charge in [0, 0.05) is 5.56 Å². The average molecular weight is 603 g/mol. The van der Waals surface area contributed by atoms with Crippen LogP contribution in [-0.2, 0) is 9.59 Å². The van der Waals surface area contributed by atoms with E-state index in [0.29, 0.717) is 70.3 Å². The summed E-state index contributed by atoms with van der Waals surface area (Å²) < 4.78 is 29.0. The highest BCUT2D eigenvalue weighted by atomic mass is 32.1. The van der Waals surface area contributed by atoms with Crippen molar-refractivity contribution >= 4 is 44.1 Å². The Morgan fingerprint density at radius 2 is 1.81 bits per heavy atom. The molecule has 3 heterocycles. The Morgan fingerprint density at radius 1 is 1.00 bits per heavy atom. The summed E-state index contributed by atoms with van der Waals surface area (Å²) in [4.78, 5) is 33.5. The second-order valence-corrected chi connectivity index (χ2v) is 11.0. The van der Waals surface area contributed by atoms with Crippen LogP contribution in [-0.4, -0.2) is 55.8 Å². The Balaban J connectivity index is 1.51. The molecule has 1 aromatic heterocycles. The van der Waals surface area contributed by atoms with Gasteiger partial charge in [0.15, 0.2) is 28.1 Å². The van der Waals surface area contributed by atoms with E-state index in [9.17, 15) is 14.7 Å². The van der Waals surface area contributed by atoms with Crippen molar-refractivity contribution in [1.82, 2.24) is 4.98 Å². The number of ketones is 1. The van der Waals surface area contributed by atoms with Gasteiger partial charge in [-0.1, -0.05) is 30.7 Å². The quantitative estimate of drug-likeness (QED) is 0.108. The van der Waals surface area contributed by atoms with Gasteiger partial charge < -0.3 is 28.8 Å². The third-order valence-corrected chi connectivity index (χ3v) is 8.33. The standard InChI is InChI=1S/C32H30N2O8S/c1-4-5-12-40-22-10-6-18(15-24(22)39-3)28-27(29(35)19-7-11-23-25(16-19)42-14-13-41-23)30(36)31(37)34(28)32-33-21-9-8-20(38-2)17-26(21)43-32/h6-11,15-17,28,35H,4-5,12-14H2,1-3H3/b29-27+/t28-/m1/s1. The average Bonchev–Trinajstić information content (AvgIpc) is 3.57. The molecule has 6 rings (SSSR count). The van der Waals surface area contributed by atoms with Gasteiger partial charge in [0.25, 0.3) is 5.78 Å². The molecule has 0 saturated carbocycles. The first-order chi connectivity index (χ1) is 20.9. The number of aliphatic hydroxyl groups is 1. The number of aromatic nitrogens is 1.